The lowest BCUT2D eigenvalue weighted by atomic mass is 10.0. The van der Waals surface area contributed by atoms with Gasteiger partial charge in [-0.3, -0.25) is 0 Å². The predicted octanol–water partition coefficient (Wildman–Crippen LogP) is 0.968. The predicted molar refractivity (Wildman–Crippen MR) is 68.4 cm³/mol. The molecule has 0 spiro atoms. The molecule has 1 amide bonds. The van der Waals surface area contributed by atoms with E-state index in [1.807, 2.05) is 6.92 Å². The quantitative estimate of drug-likeness (QED) is 0.769. The SMILES string of the molecule is CCOC(=O)N1CCC(NCC(O)C2CC2)CC1. The van der Waals surface area contributed by atoms with Gasteiger partial charge in [-0.05, 0) is 38.5 Å². The van der Waals surface area contributed by atoms with E-state index in [2.05, 4.69) is 5.32 Å². The van der Waals surface area contributed by atoms with E-state index in [1.165, 1.54) is 12.8 Å². The maximum atomic E-state index is 11.5. The summed E-state index contributed by atoms with van der Waals surface area (Å²) in [5, 5.41) is 13.2. The number of hydrogen-bond donors (Lipinski definition) is 2. The van der Waals surface area contributed by atoms with Crippen LogP contribution in [-0.2, 0) is 4.74 Å². The Morgan fingerprint density at radius 1 is 1.39 bits per heavy atom. The molecule has 0 aromatic heterocycles. The first-order chi connectivity index (χ1) is 8.70. The first-order valence-corrected chi connectivity index (χ1v) is 7.04. The number of aliphatic hydroxyl groups excluding tert-OH is 1. The van der Waals surface area contributed by atoms with Crippen LogP contribution in [0, 0.1) is 5.92 Å². The Kier molecular flexibility index (Phi) is 4.83. The third kappa shape index (κ3) is 3.85. The van der Waals surface area contributed by atoms with Gasteiger partial charge in [0.2, 0.25) is 0 Å². The van der Waals surface area contributed by atoms with E-state index in [4.69, 9.17) is 4.74 Å². The topological polar surface area (TPSA) is 61.8 Å². The number of amides is 1. The van der Waals surface area contributed by atoms with Crippen LogP contribution in [0.4, 0.5) is 4.79 Å². The minimum atomic E-state index is -0.200. The Labute approximate surface area is 108 Å². The highest BCUT2D eigenvalue weighted by Crippen LogP contribution is 2.32. The van der Waals surface area contributed by atoms with Crippen LogP contribution < -0.4 is 5.32 Å². The van der Waals surface area contributed by atoms with Crippen LogP contribution in [0.3, 0.4) is 0 Å². The first kappa shape index (κ1) is 13.6. The largest absolute Gasteiger partial charge is 0.450 e. The maximum Gasteiger partial charge on any atom is 0.409 e. The third-order valence-electron chi connectivity index (χ3n) is 3.80. The molecule has 1 aliphatic carbocycles. The number of aliphatic hydroxyl groups is 1. The monoisotopic (exact) mass is 256 g/mol. The number of rotatable bonds is 5. The van der Waals surface area contributed by atoms with E-state index in [1.54, 1.807) is 4.90 Å². The Balaban J connectivity index is 1.62. The minimum Gasteiger partial charge on any atom is -0.450 e. The smallest absolute Gasteiger partial charge is 0.409 e. The average molecular weight is 256 g/mol. The number of piperidine rings is 1. The van der Waals surface area contributed by atoms with Gasteiger partial charge in [0.1, 0.15) is 0 Å². The number of hydrogen-bond acceptors (Lipinski definition) is 4. The summed E-state index contributed by atoms with van der Waals surface area (Å²) in [5.41, 5.74) is 0. The normalized spacial score (nSPS) is 22.9. The van der Waals surface area contributed by atoms with Crippen molar-refractivity contribution >= 4 is 6.09 Å². The molecule has 1 heterocycles. The molecule has 104 valence electrons. The Bertz CT molecular complexity index is 273. The highest BCUT2D eigenvalue weighted by atomic mass is 16.6. The number of carbonyl (C=O) groups excluding carboxylic acids is 1. The molecule has 2 N–H and O–H groups in total. The van der Waals surface area contributed by atoms with Gasteiger partial charge in [0.05, 0.1) is 12.7 Å². The molecular weight excluding hydrogens is 232 g/mol. The molecule has 1 saturated carbocycles. The molecule has 5 heteroatoms. The zero-order valence-electron chi connectivity index (χ0n) is 11.1. The second kappa shape index (κ2) is 6.38. The van der Waals surface area contributed by atoms with Gasteiger partial charge in [-0.2, -0.15) is 0 Å². The number of nitrogens with zero attached hydrogens (tertiary/aromatic N) is 1. The molecular formula is C13H24N2O3. The van der Waals surface area contributed by atoms with Crippen LogP contribution in [0.15, 0.2) is 0 Å². The van der Waals surface area contributed by atoms with E-state index < -0.39 is 0 Å². The average Bonchev–Trinajstić information content (AvgIpc) is 3.21. The van der Waals surface area contributed by atoms with Crippen LogP contribution in [0.25, 0.3) is 0 Å². The molecule has 18 heavy (non-hydrogen) atoms. The van der Waals surface area contributed by atoms with Gasteiger partial charge < -0.3 is 20.1 Å². The molecule has 0 aromatic carbocycles. The van der Waals surface area contributed by atoms with Crippen molar-refractivity contribution in [3.63, 3.8) is 0 Å². The standard InChI is InChI=1S/C13H24N2O3/c1-2-18-13(17)15-7-5-11(6-8-15)14-9-12(16)10-3-4-10/h10-12,14,16H,2-9H2,1H3. The molecule has 0 bridgehead atoms. The van der Waals surface area contributed by atoms with Gasteiger partial charge in [0.25, 0.3) is 0 Å². The van der Waals surface area contributed by atoms with Crippen LogP contribution in [0.2, 0.25) is 0 Å². The van der Waals surface area contributed by atoms with Crippen LogP contribution in [0.1, 0.15) is 32.6 Å². The summed E-state index contributed by atoms with van der Waals surface area (Å²) in [7, 11) is 0. The van der Waals surface area contributed by atoms with Gasteiger partial charge in [0, 0.05) is 25.7 Å². The van der Waals surface area contributed by atoms with Gasteiger partial charge in [-0.25, -0.2) is 4.79 Å². The molecule has 1 aliphatic heterocycles. The third-order valence-corrected chi connectivity index (χ3v) is 3.80. The van der Waals surface area contributed by atoms with Crippen molar-refractivity contribution in [3.05, 3.63) is 0 Å². The molecule has 2 rings (SSSR count). The van der Waals surface area contributed by atoms with Crippen LogP contribution in [0.5, 0.6) is 0 Å². The van der Waals surface area contributed by atoms with Gasteiger partial charge in [0.15, 0.2) is 0 Å². The molecule has 1 saturated heterocycles. The molecule has 2 fully saturated rings. The Hall–Kier alpha value is -0.810. The molecule has 0 radical (unpaired) electrons. The second-order valence-corrected chi connectivity index (χ2v) is 5.27. The van der Waals surface area contributed by atoms with E-state index in [9.17, 15) is 9.90 Å². The zero-order chi connectivity index (χ0) is 13.0. The summed E-state index contributed by atoms with van der Waals surface area (Å²) in [6, 6.07) is 0.420. The molecule has 0 aromatic rings. The van der Waals surface area contributed by atoms with E-state index in [0.29, 0.717) is 25.1 Å². The van der Waals surface area contributed by atoms with Crippen molar-refractivity contribution in [1.82, 2.24) is 10.2 Å². The van der Waals surface area contributed by atoms with Crippen LogP contribution in [-0.4, -0.2) is 54.5 Å². The van der Waals surface area contributed by atoms with Crippen LogP contribution >= 0.6 is 0 Å². The first-order valence-electron chi connectivity index (χ1n) is 7.04. The van der Waals surface area contributed by atoms with Gasteiger partial charge in [-0.15, -0.1) is 0 Å². The van der Waals surface area contributed by atoms with Crippen molar-refractivity contribution < 1.29 is 14.6 Å². The van der Waals surface area contributed by atoms with E-state index >= 15 is 0 Å². The molecule has 2 aliphatic rings. The van der Waals surface area contributed by atoms with Gasteiger partial charge in [-0.1, -0.05) is 0 Å². The van der Waals surface area contributed by atoms with Gasteiger partial charge >= 0.3 is 6.09 Å². The molecule has 1 unspecified atom stereocenters. The molecule has 5 nitrogen and oxygen atoms in total. The summed E-state index contributed by atoms with van der Waals surface area (Å²) in [4.78, 5) is 13.3. The van der Waals surface area contributed by atoms with Crippen molar-refractivity contribution in [2.45, 2.75) is 44.8 Å². The minimum absolute atomic E-state index is 0.187. The second-order valence-electron chi connectivity index (χ2n) is 5.27. The van der Waals surface area contributed by atoms with E-state index in [0.717, 1.165) is 25.9 Å². The highest BCUT2D eigenvalue weighted by molar-refractivity contribution is 5.67. The number of ether oxygens (including phenoxy) is 1. The zero-order valence-corrected chi connectivity index (χ0v) is 11.1. The van der Waals surface area contributed by atoms with Crippen molar-refractivity contribution in [1.29, 1.82) is 0 Å². The fraction of sp³-hybridized carbons (Fsp3) is 0.923. The summed E-state index contributed by atoms with van der Waals surface area (Å²) >= 11 is 0. The summed E-state index contributed by atoms with van der Waals surface area (Å²) in [5.74, 6) is 0.525. The lowest BCUT2D eigenvalue weighted by Gasteiger charge is -2.32. The van der Waals surface area contributed by atoms with Crippen molar-refractivity contribution in [3.8, 4) is 0 Å². The number of carbonyl (C=O) groups is 1. The fourth-order valence-electron chi connectivity index (χ4n) is 2.42. The van der Waals surface area contributed by atoms with Crippen molar-refractivity contribution in [2.75, 3.05) is 26.2 Å². The summed E-state index contributed by atoms with van der Waals surface area (Å²) in [6.45, 7) is 4.44. The highest BCUT2D eigenvalue weighted by Gasteiger charge is 2.30. The van der Waals surface area contributed by atoms with E-state index in [-0.39, 0.29) is 12.2 Å². The fourth-order valence-corrected chi connectivity index (χ4v) is 2.42. The Morgan fingerprint density at radius 3 is 2.61 bits per heavy atom. The lowest BCUT2D eigenvalue weighted by molar-refractivity contribution is 0.0917. The lowest BCUT2D eigenvalue weighted by Crippen LogP contribution is -2.46. The van der Waals surface area contributed by atoms with Crippen molar-refractivity contribution in [2.24, 2.45) is 5.92 Å². The maximum absolute atomic E-state index is 11.5. The summed E-state index contributed by atoms with van der Waals surface area (Å²) < 4.78 is 4.98. The Morgan fingerprint density at radius 2 is 2.06 bits per heavy atom. The molecule has 1 atom stereocenters. The summed E-state index contributed by atoms with van der Waals surface area (Å²) in [6.07, 6.45) is 3.84. The number of nitrogens with one attached hydrogen (secondary N) is 1. The number of likely N-dealkylation sites (tertiary alicyclic amines) is 1.